The van der Waals surface area contributed by atoms with E-state index < -0.39 is 0 Å². The van der Waals surface area contributed by atoms with Crippen LogP contribution < -0.4 is 9.64 Å². The van der Waals surface area contributed by atoms with Crippen molar-refractivity contribution in [3.05, 3.63) is 34.8 Å². The normalized spacial score (nSPS) is 14.0. The summed E-state index contributed by atoms with van der Waals surface area (Å²) in [5, 5.41) is 0.871. The molecule has 20 heavy (non-hydrogen) atoms. The number of carbonyl (C=O) groups is 1. The summed E-state index contributed by atoms with van der Waals surface area (Å²) in [5.74, 6) is 1.06. The van der Waals surface area contributed by atoms with Gasteiger partial charge in [-0.05, 0) is 37.1 Å². The highest BCUT2D eigenvalue weighted by Crippen LogP contribution is 2.34. The van der Waals surface area contributed by atoms with Gasteiger partial charge in [-0.25, -0.2) is 4.98 Å². The van der Waals surface area contributed by atoms with Gasteiger partial charge < -0.3 is 9.64 Å². The van der Waals surface area contributed by atoms with Crippen molar-refractivity contribution in [2.24, 2.45) is 0 Å². The van der Waals surface area contributed by atoms with Crippen LogP contribution in [0.4, 0.5) is 10.8 Å². The molecule has 0 atom stereocenters. The zero-order valence-corrected chi connectivity index (χ0v) is 12.4. The van der Waals surface area contributed by atoms with E-state index in [0.717, 1.165) is 40.0 Å². The molecule has 0 fully saturated rings. The van der Waals surface area contributed by atoms with Gasteiger partial charge >= 0.3 is 0 Å². The fraction of sp³-hybridized carbons (Fsp3) is 0.333. The Hall–Kier alpha value is -1.88. The van der Waals surface area contributed by atoms with Crippen molar-refractivity contribution in [2.75, 3.05) is 19.1 Å². The number of Topliss-reactive ketones (excluding diaryl/α,β-unsaturated/α-hetero) is 1. The number of nitrogens with zero attached hydrogens (tertiary/aromatic N) is 2. The van der Waals surface area contributed by atoms with E-state index in [1.165, 1.54) is 11.3 Å². The summed E-state index contributed by atoms with van der Waals surface area (Å²) in [6.45, 7) is 0. The molecule has 1 heterocycles. The topological polar surface area (TPSA) is 42.4 Å². The molecule has 1 aliphatic rings. The van der Waals surface area contributed by atoms with Gasteiger partial charge in [-0.15, -0.1) is 0 Å². The molecule has 0 N–H and O–H groups in total. The predicted molar refractivity (Wildman–Crippen MR) is 80.4 cm³/mol. The van der Waals surface area contributed by atoms with Gasteiger partial charge in [0.1, 0.15) is 5.75 Å². The first-order valence-corrected chi connectivity index (χ1v) is 7.41. The zero-order chi connectivity index (χ0) is 14.1. The van der Waals surface area contributed by atoms with Crippen LogP contribution in [0.5, 0.6) is 5.75 Å². The number of thiazole rings is 1. The Morgan fingerprint density at radius 1 is 1.25 bits per heavy atom. The van der Waals surface area contributed by atoms with Crippen molar-refractivity contribution >= 4 is 27.9 Å². The monoisotopic (exact) mass is 288 g/mol. The number of anilines is 2. The van der Waals surface area contributed by atoms with E-state index in [-0.39, 0.29) is 5.78 Å². The van der Waals surface area contributed by atoms with E-state index >= 15 is 0 Å². The molecule has 0 saturated carbocycles. The first kappa shape index (κ1) is 13.1. The standard InChI is InChI=1S/C15H16N2O2S/c1-17(10-6-8-11(19-2)9-7-10)15-16-12-4-3-5-13(18)14(12)20-15/h6-9H,3-5H2,1-2H3. The van der Waals surface area contributed by atoms with Gasteiger partial charge in [0.05, 0.1) is 17.7 Å². The summed E-state index contributed by atoms with van der Waals surface area (Å²) >= 11 is 1.49. The minimum Gasteiger partial charge on any atom is -0.497 e. The fourth-order valence-electron chi connectivity index (χ4n) is 2.32. The second kappa shape index (κ2) is 5.25. The number of rotatable bonds is 3. The number of fused-ring (bicyclic) bond motifs is 1. The maximum Gasteiger partial charge on any atom is 0.190 e. The van der Waals surface area contributed by atoms with Crippen molar-refractivity contribution in [3.63, 3.8) is 0 Å². The summed E-state index contributed by atoms with van der Waals surface area (Å²) in [7, 11) is 3.62. The van der Waals surface area contributed by atoms with E-state index in [1.54, 1.807) is 7.11 Å². The number of ether oxygens (including phenoxy) is 1. The van der Waals surface area contributed by atoms with Crippen LogP contribution in [0, 0.1) is 0 Å². The molecule has 0 bridgehead atoms. The highest BCUT2D eigenvalue weighted by molar-refractivity contribution is 7.17. The average molecular weight is 288 g/mol. The van der Waals surface area contributed by atoms with Crippen molar-refractivity contribution in [3.8, 4) is 5.75 Å². The minimum absolute atomic E-state index is 0.234. The van der Waals surface area contributed by atoms with Crippen molar-refractivity contribution in [1.29, 1.82) is 0 Å². The molecule has 2 aromatic rings. The van der Waals surface area contributed by atoms with Crippen LogP contribution in [-0.4, -0.2) is 24.9 Å². The SMILES string of the molecule is COc1ccc(N(C)c2nc3c(s2)C(=O)CCC3)cc1. The molecule has 104 valence electrons. The summed E-state index contributed by atoms with van der Waals surface area (Å²) in [5.41, 5.74) is 1.99. The van der Waals surface area contributed by atoms with Crippen molar-refractivity contribution in [1.82, 2.24) is 4.98 Å². The maximum atomic E-state index is 11.9. The van der Waals surface area contributed by atoms with E-state index in [4.69, 9.17) is 4.74 Å². The van der Waals surface area contributed by atoms with E-state index in [0.29, 0.717) is 6.42 Å². The van der Waals surface area contributed by atoms with Gasteiger partial charge in [-0.1, -0.05) is 11.3 Å². The highest BCUT2D eigenvalue weighted by atomic mass is 32.1. The Morgan fingerprint density at radius 2 is 2.00 bits per heavy atom. The van der Waals surface area contributed by atoms with Gasteiger partial charge in [0, 0.05) is 19.2 Å². The second-order valence-electron chi connectivity index (χ2n) is 4.81. The summed E-state index contributed by atoms with van der Waals surface area (Å²) in [6.07, 6.45) is 2.48. The second-order valence-corrected chi connectivity index (χ2v) is 5.78. The van der Waals surface area contributed by atoms with Gasteiger partial charge in [0.15, 0.2) is 10.9 Å². The molecule has 5 heteroatoms. The third-order valence-corrected chi connectivity index (χ3v) is 4.72. The van der Waals surface area contributed by atoms with Crippen LogP contribution >= 0.6 is 11.3 Å². The molecule has 1 aromatic heterocycles. The summed E-state index contributed by atoms with van der Waals surface area (Å²) in [6, 6.07) is 7.82. The van der Waals surface area contributed by atoms with Gasteiger partial charge in [0.2, 0.25) is 0 Å². The molecule has 0 unspecified atom stereocenters. The molecule has 0 radical (unpaired) electrons. The van der Waals surface area contributed by atoms with Gasteiger partial charge in [0.25, 0.3) is 0 Å². The van der Waals surface area contributed by atoms with Crippen LogP contribution in [0.25, 0.3) is 0 Å². The molecule has 0 spiro atoms. The number of methoxy groups -OCH3 is 1. The first-order valence-electron chi connectivity index (χ1n) is 6.59. The van der Waals surface area contributed by atoms with Crippen molar-refractivity contribution in [2.45, 2.75) is 19.3 Å². The molecule has 0 aliphatic heterocycles. The van der Waals surface area contributed by atoms with Crippen LogP contribution in [-0.2, 0) is 6.42 Å². The first-order chi connectivity index (χ1) is 9.69. The van der Waals surface area contributed by atoms with E-state index in [1.807, 2.05) is 36.2 Å². The third-order valence-electron chi connectivity index (χ3n) is 3.50. The Balaban J connectivity index is 1.90. The number of benzene rings is 1. The molecular weight excluding hydrogens is 272 g/mol. The quantitative estimate of drug-likeness (QED) is 0.867. The molecule has 0 saturated heterocycles. The van der Waals surface area contributed by atoms with E-state index in [9.17, 15) is 4.79 Å². The lowest BCUT2D eigenvalue weighted by Crippen LogP contribution is -2.09. The Kier molecular flexibility index (Phi) is 3.44. The Bertz CT molecular complexity index is 634. The molecule has 1 aromatic carbocycles. The molecule has 0 amide bonds. The maximum absolute atomic E-state index is 11.9. The summed E-state index contributed by atoms with van der Waals surface area (Å²) in [4.78, 5) is 19.3. The molecular formula is C15H16N2O2S. The van der Waals surface area contributed by atoms with Crippen LogP contribution in [0.1, 0.15) is 28.2 Å². The lowest BCUT2D eigenvalue weighted by Gasteiger charge is -2.16. The number of aryl methyl sites for hydroxylation is 1. The number of hydrogen-bond acceptors (Lipinski definition) is 5. The average Bonchev–Trinajstić information content (AvgIpc) is 2.92. The Morgan fingerprint density at radius 3 is 2.65 bits per heavy atom. The number of ketones is 1. The third kappa shape index (κ3) is 2.29. The van der Waals surface area contributed by atoms with Crippen LogP contribution in [0.15, 0.2) is 24.3 Å². The fourth-order valence-corrected chi connectivity index (χ4v) is 3.38. The molecule has 4 nitrogen and oxygen atoms in total. The molecule has 1 aliphatic carbocycles. The van der Waals surface area contributed by atoms with Crippen LogP contribution in [0.3, 0.4) is 0 Å². The predicted octanol–water partition coefficient (Wildman–Crippen LogP) is 3.44. The smallest absolute Gasteiger partial charge is 0.190 e. The van der Waals surface area contributed by atoms with Crippen molar-refractivity contribution < 1.29 is 9.53 Å². The lowest BCUT2D eigenvalue weighted by atomic mass is 10.0. The van der Waals surface area contributed by atoms with Crippen LogP contribution in [0.2, 0.25) is 0 Å². The van der Waals surface area contributed by atoms with Gasteiger partial charge in [-0.2, -0.15) is 0 Å². The summed E-state index contributed by atoms with van der Waals surface area (Å²) < 4.78 is 5.16. The lowest BCUT2D eigenvalue weighted by molar-refractivity contribution is 0.0976. The zero-order valence-electron chi connectivity index (χ0n) is 11.5. The number of carbonyl (C=O) groups excluding carboxylic acids is 1. The molecule has 3 rings (SSSR count). The largest absolute Gasteiger partial charge is 0.497 e. The Labute approximate surface area is 122 Å². The minimum atomic E-state index is 0.234. The number of hydrogen-bond donors (Lipinski definition) is 0. The van der Waals surface area contributed by atoms with E-state index in [2.05, 4.69) is 4.98 Å². The van der Waals surface area contributed by atoms with Gasteiger partial charge in [-0.3, -0.25) is 4.79 Å². The number of aromatic nitrogens is 1. The highest BCUT2D eigenvalue weighted by Gasteiger charge is 2.23.